The van der Waals surface area contributed by atoms with Gasteiger partial charge in [0.2, 0.25) is 0 Å². The van der Waals surface area contributed by atoms with E-state index < -0.39 is 0 Å². The summed E-state index contributed by atoms with van der Waals surface area (Å²) in [5.41, 5.74) is 0.214. The van der Waals surface area contributed by atoms with E-state index in [4.69, 9.17) is 9.47 Å². The lowest BCUT2D eigenvalue weighted by Crippen LogP contribution is -2.30. The van der Waals surface area contributed by atoms with E-state index in [9.17, 15) is 14.7 Å². The molecule has 0 bridgehead atoms. The second-order valence-corrected chi connectivity index (χ2v) is 17.9. The van der Waals surface area contributed by atoms with Gasteiger partial charge in [0, 0.05) is 19.4 Å². The number of rotatable bonds is 44. The van der Waals surface area contributed by atoms with Crippen LogP contribution in [0.2, 0.25) is 0 Å². The van der Waals surface area contributed by atoms with E-state index in [0.717, 1.165) is 83.8 Å². The topological polar surface area (TPSA) is 76.1 Å². The average molecular weight is 780 g/mol. The second-order valence-electron chi connectivity index (χ2n) is 17.9. The van der Waals surface area contributed by atoms with Gasteiger partial charge in [-0.3, -0.25) is 9.59 Å². The molecule has 0 saturated carbocycles. The molecule has 328 valence electrons. The summed E-state index contributed by atoms with van der Waals surface area (Å²) in [4.78, 5) is 27.2. The van der Waals surface area contributed by atoms with Gasteiger partial charge >= 0.3 is 11.9 Å². The minimum Gasteiger partial charge on any atom is -0.466 e. The van der Waals surface area contributed by atoms with E-state index in [1.165, 1.54) is 141 Å². The Kier molecular flexibility index (Phi) is 40.2. The summed E-state index contributed by atoms with van der Waals surface area (Å²) in [7, 11) is 0. The molecule has 0 heterocycles. The fourth-order valence-electron chi connectivity index (χ4n) is 7.93. The molecule has 0 unspecified atom stereocenters. The van der Waals surface area contributed by atoms with Crippen molar-refractivity contribution < 1.29 is 24.2 Å². The van der Waals surface area contributed by atoms with Crippen LogP contribution in [0.25, 0.3) is 0 Å². The van der Waals surface area contributed by atoms with Gasteiger partial charge in [-0.2, -0.15) is 0 Å². The number of hydrogen-bond acceptors (Lipinski definition) is 6. The first-order chi connectivity index (χ1) is 26.8. The highest BCUT2D eigenvalue weighted by atomic mass is 16.5. The number of carbonyl (C=O) groups excluding carboxylic acids is 2. The molecule has 0 aromatic carbocycles. The van der Waals surface area contributed by atoms with Gasteiger partial charge in [0.05, 0.1) is 19.8 Å². The number of aliphatic hydroxyl groups excluding tert-OH is 1. The Labute approximate surface area is 343 Å². The molecule has 0 aromatic heterocycles. The minimum absolute atomic E-state index is 0.00869. The van der Waals surface area contributed by atoms with Crippen molar-refractivity contribution in [2.75, 3.05) is 39.5 Å². The van der Waals surface area contributed by atoms with E-state index >= 15 is 0 Å². The third-order valence-corrected chi connectivity index (χ3v) is 11.8. The van der Waals surface area contributed by atoms with Crippen LogP contribution in [0.4, 0.5) is 0 Å². The molecule has 6 nitrogen and oxygen atoms in total. The van der Waals surface area contributed by atoms with Crippen molar-refractivity contribution in [1.82, 2.24) is 4.90 Å². The lowest BCUT2D eigenvalue weighted by atomic mass is 9.83. The molecule has 0 aliphatic rings. The summed E-state index contributed by atoms with van der Waals surface area (Å²) in [6, 6.07) is 0. The zero-order valence-corrected chi connectivity index (χ0v) is 37.9. The molecule has 0 radical (unpaired) electrons. The fourth-order valence-corrected chi connectivity index (χ4v) is 7.93. The van der Waals surface area contributed by atoms with Crippen LogP contribution >= 0.6 is 0 Å². The van der Waals surface area contributed by atoms with E-state index in [2.05, 4.69) is 39.5 Å². The lowest BCUT2D eigenvalue weighted by Gasteiger charge is -2.27. The van der Waals surface area contributed by atoms with E-state index in [1.54, 1.807) is 0 Å². The Bertz CT molecular complexity index is 799. The Morgan fingerprint density at radius 2 is 0.891 bits per heavy atom. The van der Waals surface area contributed by atoms with Crippen molar-refractivity contribution in [3.05, 3.63) is 0 Å². The number of nitrogens with zero attached hydrogens (tertiary/aromatic N) is 1. The van der Waals surface area contributed by atoms with Crippen molar-refractivity contribution >= 4 is 11.9 Å². The van der Waals surface area contributed by atoms with Gasteiger partial charge in [-0.1, -0.05) is 182 Å². The molecular weight excluding hydrogens is 683 g/mol. The van der Waals surface area contributed by atoms with Gasteiger partial charge in [0.1, 0.15) is 0 Å². The first-order valence-electron chi connectivity index (χ1n) is 24.4. The number of hydrogen-bond donors (Lipinski definition) is 1. The zero-order chi connectivity index (χ0) is 40.5. The number of unbranched alkanes of at least 4 members (excludes halogenated alkanes) is 22. The lowest BCUT2D eigenvalue weighted by molar-refractivity contribution is -0.145. The van der Waals surface area contributed by atoms with Crippen molar-refractivity contribution in [2.45, 2.75) is 253 Å². The minimum atomic E-state index is -0.0322. The molecule has 0 amide bonds. The summed E-state index contributed by atoms with van der Waals surface area (Å²) >= 11 is 0. The summed E-state index contributed by atoms with van der Waals surface area (Å²) < 4.78 is 11.4. The molecule has 0 rings (SSSR count). The smallest absolute Gasteiger partial charge is 0.305 e. The van der Waals surface area contributed by atoms with Crippen LogP contribution in [0.15, 0.2) is 0 Å². The molecule has 0 spiro atoms. The highest BCUT2D eigenvalue weighted by Crippen LogP contribution is 2.28. The van der Waals surface area contributed by atoms with Crippen LogP contribution in [-0.4, -0.2) is 61.4 Å². The van der Waals surface area contributed by atoms with Crippen LogP contribution in [-0.2, 0) is 19.1 Å². The van der Waals surface area contributed by atoms with Crippen LogP contribution in [0.1, 0.15) is 253 Å². The molecule has 1 N–H and O–H groups in total. The van der Waals surface area contributed by atoms with Gasteiger partial charge in [0.15, 0.2) is 0 Å². The first kappa shape index (κ1) is 53.9. The molecule has 6 heteroatoms. The normalized spacial score (nSPS) is 11.9. The third kappa shape index (κ3) is 39.5. The van der Waals surface area contributed by atoms with E-state index in [-0.39, 0.29) is 24.0 Å². The SMILES string of the molecule is CCCCCCCCCCC(=O)OCCCC(C)(C)CCCN(CCO)CCCCCCC(=O)OCC(CCCCCCCCC)CCCCCCCCC. The van der Waals surface area contributed by atoms with Gasteiger partial charge < -0.3 is 19.5 Å². The first-order valence-corrected chi connectivity index (χ1v) is 24.4. The van der Waals surface area contributed by atoms with E-state index in [1.807, 2.05) is 0 Å². The molecular formula is C49H97NO5. The third-order valence-electron chi connectivity index (χ3n) is 11.8. The highest BCUT2D eigenvalue weighted by Gasteiger charge is 2.18. The van der Waals surface area contributed by atoms with Gasteiger partial charge in [-0.15, -0.1) is 0 Å². The maximum absolute atomic E-state index is 12.6. The molecule has 0 aliphatic carbocycles. The Hall–Kier alpha value is -1.14. The predicted molar refractivity (Wildman–Crippen MR) is 237 cm³/mol. The van der Waals surface area contributed by atoms with Crippen LogP contribution < -0.4 is 0 Å². The van der Waals surface area contributed by atoms with Crippen molar-refractivity contribution in [3.8, 4) is 0 Å². The number of carbonyl (C=O) groups is 2. The Morgan fingerprint density at radius 3 is 1.38 bits per heavy atom. The standard InChI is InChI=1S/C49H97NO5/c1-6-9-12-15-18-21-24-29-36-47(52)54-44-33-39-49(4,5)38-32-41-50(42-43-51)40-31-26-25-30-37-48(53)55-45-46(34-27-22-19-16-13-10-7-2)35-28-23-20-17-14-11-8-3/h46,51H,6-45H2,1-5H3. The maximum Gasteiger partial charge on any atom is 0.305 e. The molecule has 0 aromatic rings. The largest absolute Gasteiger partial charge is 0.466 e. The maximum atomic E-state index is 12.6. The van der Waals surface area contributed by atoms with Crippen LogP contribution in [0.5, 0.6) is 0 Å². The molecule has 0 fully saturated rings. The number of esters is 2. The zero-order valence-electron chi connectivity index (χ0n) is 37.9. The van der Waals surface area contributed by atoms with Crippen molar-refractivity contribution in [2.24, 2.45) is 11.3 Å². The van der Waals surface area contributed by atoms with Crippen molar-refractivity contribution in [1.29, 1.82) is 0 Å². The van der Waals surface area contributed by atoms with Gasteiger partial charge in [0.25, 0.3) is 0 Å². The molecule has 0 atom stereocenters. The van der Waals surface area contributed by atoms with E-state index in [0.29, 0.717) is 32.0 Å². The highest BCUT2D eigenvalue weighted by molar-refractivity contribution is 5.69. The van der Waals surface area contributed by atoms with Crippen LogP contribution in [0.3, 0.4) is 0 Å². The molecule has 0 aliphatic heterocycles. The van der Waals surface area contributed by atoms with Crippen LogP contribution in [0, 0.1) is 11.3 Å². The van der Waals surface area contributed by atoms with Gasteiger partial charge in [-0.05, 0) is 82.2 Å². The fraction of sp³-hybridized carbons (Fsp3) is 0.959. The predicted octanol–water partition coefficient (Wildman–Crippen LogP) is 14.3. The Balaban J connectivity index is 4.16. The van der Waals surface area contributed by atoms with Gasteiger partial charge in [-0.25, -0.2) is 0 Å². The quantitative estimate of drug-likeness (QED) is 0.0490. The summed E-state index contributed by atoms with van der Waals surface area (Å²) in [6.45, 7) is 15.5. The Morgan fingerprint density at radius 1 is 0.491 bits per heavy atom. The monoisotopic (exact) mass is 780 g/mol. The van der Waals surface area contributed by atoms with Crippen molar-refractivity contribution in [3.63, 3.8) is 0 Å². The molecule has 55 heavy (non-hydrogen) atoms. The molecule has 0 saturated heterocycles. The summed E-state index contributed by atoms with van der Waals surface area (Å²) in [5, 5.41) is 9.66. The number of ether oxygens (including phenoxy) is 2. The summed E-state index contributed by atoms with van der Waals surface area (Å²) in [6.07, 6.45) is 40.5. The second kappa shape index (κ2) is 41.0. The number of aliphatic hydroxyl groups is 1. The summed E-state index contributed by atoms with van der Waals surface area (Å²) in [5.74, 6) is 0.484. The average Bonchev–Trinajstić information content (AvgIpc) is 3.16.